The minimum atomic E-state index is -1.22. The lowest BCUT2D eigenvalue weighted by Crippen LogP contribution is -2.57. The Morgan fingerprint density at radius 3 is 2.20 bits per heavy atom. The third kappa shape index (κ3) is 8.09. The van der Waals surface area contributed by atoms with E-state index >= 15 is 0 Å². The first-order valence-electron chi connectivity index (χ1n) is 17.0. The Morgan fingerprint density at radius 2 is 1.55 bits per heavy atom. The molecular formula is C38H40N6O7. The van der Waals surface area contributed by atoms with Gasteiger partial charge in [-0.05, 0) is 47.6 Å². The fourth-order valence-electron chi connectivity index (χ4n) is 6.80. The van der Waals surface area contributed by atoms with Crippen molar-refractivity contribution in [2.24, 2.45) is 0 Å². The average molecular weight is 693 g/mol. The number of hydrogen-bond donors (Lipinski definition) is 5. The first kappa shape index (κ1) is 34.9. The number of carbonyl (C=O) groups excluding carboxylic acids is 4. The molecule has 6 rings (SSSR count). The highest BCUT2D eigenvalue weighted by molar-refractivity contribution is 5.95. The van der Waals surface area contributed by atoms with Crippen LogP contribution in [0, 0.1) is 0 Å². The topological polar surface area (TPSA) is 183 Å². The summed E-state index contributed by atoms with van der Waals surface area (Å²) in [4.78, 5) is 74.4. The van der Waals surface area contributed by atoms with Gasteiger partial charge in [-0.2, -0.15) is 0 Å². The molecule has 1 saturated heterocycles. The number of H-pyrrole nitrogens is 1. The van der Waals surface area contributed by atoms with Crippen molar-refractivity contribution in [3.8, 4) is 11.1 Å². The zero-order valence-electron chi connectivity index (χ0n) is 28.1. The van der Waals surface area contributed by atoms with Crippen LogP contribution in [0.2, 0.25) is 0 Å². The maximum absolute atomic E-state index is 14.1. The van der Waals surface area contributed by atoms with Crippen LogP contribution in [-0.2, 0) is 36.8 Å². The Kier molecular flexibility index (Phi) is 10.7. The molecule has 4 amide bonds. The molecule has 1 aliphatic carbocycles. The molecule has 13 heteroatoms. The maximum Gasteiger partial charge on any atom is 0.407 e. The van der Waals surface area contributed by atoms with Crippen LogP contribution in [0.15, 0.2) is 91.4 Å². The number of hydrogen-bond acceptors (Lipinski definition) is 7. The summed E-state index contributed by atoms with van der Waals surface area (Å²) in [5.41, 5.74) is 5.57. The number of benzene rings is 3. The zero-order valence-corrected chi connectivity index (χ0v) is 28.1. The van der Waals surface area contributed by atoms with Crippen LogP contribution in [-0.4, -0.2) is 87.1 Å². The molecule has 1 fully saturated rings. The van der Waals surface area contributed by atoms with Gasteiger partial charge in [0.1, 0.15) is 30.8 Å². The van der Waals surface area contributed by atoms with Crippen LogP contribution >= 0.6 is 0 Å². The molecular weight excluding hydrogens is 652 g/mol. The predicted molar refractivity (Wildman–Crippen MR) is 186 cm³/mol. The number of carboxylic acids is 1. The van der Waals surface area contributed by atoms with Crippen molar-refractivity contribution in [2.75, 3.05) is 13.2 Å². The Labute approximate surface area is 294 Å². The second-order valence-corrected chi connectivity index (χ2v) is 12.8. The van der Waals surface area contributed by atoms with E-state index in [1.807, 2.05) is 54.6 Å². The molecule has 0 spiro atoms. The standard InChI is InChI=1S/C38H40N6O7/c1-23(37(48)49)41-34(45)31(18-24-10-3-2-4-11-24)42-35(46)33-16-9-17-44(33)36(47)32(19-25-20-39-22-40-25)43-38(50)51-21-30-28-14-7-5-12-26(28)27-13-6-8-15-29(27)30/h2-8,10-15,20,22-23,30-33H,9,16-19,21H2,1H3,(H,39,40)(H,41,45)(H,42,46)(H,43,50)(H,48,49)/t23-,31-,32-,33-/m0/s1. The summed E-state index contributed by atoms with van der Waals surface area (Å²) in [7, 11) is 0. The molecule has 4 aromatic rings. The van der Waals surface area contributed by atoms with Crippen LogP contribution in [0.1, 0.15) is 48.1 Å². The first-order valence-corrected chi connectivity index (χ1v) is 17.0. The Morgan fingerprint density at radius 1 is 0.882 bits per heavy atom. The largest absolute Gasteiger partial charge is 0.480 e. The first-order chi connectivity index (χ1) is 24.7. The molecule has 1 aliphatic heterocycles. The zero-order chi connectivity index (χ0) is 35.9. The summed E-state index contributed by atoms with van der Waals surface area (Å²) >= 11 is 0. The number of likely N-dealkylation sites (tertiary alicyclic amines) is 1. The second kappa shape index (κ2) is 15.7. The van der Waals surface area contributed by atoms with Crippen molar-refractivity contribution in [1.82, 2.24) is 30.8 Å². The van der Waals surface area contributed by atoms with Crippen molar-refractivity contribution >= 4 is 29.8 Å². The number of carbonyl (C=O) groups is 5. The average Bonchev–Trinajstić information content (AvgIpc) is 3.90. The highest BCUT2D eigenvalue weighted by Gasteiger charge is 2.40. The van der Waals surface area contributed by atoms with Crippen molar-refractivity contribution in [3.63, 3.8) is 0 Å². The van der Waals surface area contributed by atoms with Gasteiger partial charge in [-0.3, -0.25) is 19.2 Å². The molecule has 2 heterocycles. The number of carboxylic acid groups (broad SMARTS) is 1. The number of rotatable bonds is 13. The number of nitrogens with one attached hydrogen (secondary N) is 4. The molecule has 4 atom stereocenters. The van der Waals surface area contributed by atoms with E-state index in [0.717, 1.165) is 27.8 Å². The predicted octanol–water partition coefficient (Wildman–Crippen LogP) is 3.17. The molecule has 1 aromatic heterocycles. The van der Waals surface area contributed by atoms with Gasteiger partial charge in [0.15, 0.2) is 0 Å². The van der Waals surface area contributed by atoms with E-state index in [0.29, 0.717) is 18.5 Å². The fraction of sp³-hybridized carbons (Fsp3) is 0.316. The summed E-state index contributed by atoms with van der Waals surface area (Å²) in [5, 5.41) is 17.3. The minimum absolute atomic E-state index is 0.0451. The van der Waals surface area contributed by atoms with E-state index in [1.54, 1.807) is 30.5 Å². The number of aromatic nitrogens is 2. The number of fused-ring (bicyclic) bond motifs is 3. The van der Waals surface area contributed by atoms with E-state index in [1.165, 1.54) is 18.2 Å². The van der Waals surface area contributed by atoms with E-state index in [9.17, 15) is 29.1 Å². The number of nitrogens with zero attached hydrogens (tertiary/aromatic N) is 2. The summed E-state index contributed by atoms with van der Waals surface area (Å²) in [6.45, 7) is 1.65. The van der Waals surface area contributed by atoms with Crippen LogP contribution < -0.4 is 16.0 Å². The second-order valence-electron chi connectivity index (χ2n) is 12.8. The molecule has 0 unspecified atom stereocenters. The normalized spacial score (nSPS) is 16.6. The highest BCUT2D eigenvalue weighted by Crippen LogP contribution is 2.44. The molecule has 0 saturated carbocycles. The van der Waals surface area contributed by atoms with Crippen LogP contribution in [0.3, 0.4) is 0 Å². The summed E-state index contributed by atoms with van der Waals surface area (Å²) in [6, 6.07) is 20.7. The van der Waals surface area contributed by atoms with Gasteiger partial charge >= 0.3 is 12.1 Å². The van der Waals surface area contributed by atoms with Gasteiger partial charge in [0.25, 0.3) is 0 Å². The summed E-state index contributed by atoms with van der Waals surface area (Å²) in [5.74, 6) is -3.10. The third-order valence-electron chi connectivity index (χ3n) is 9.39. The third-order valence-corrected chi connectivity index (χ3v) is 9.39. The Balaban J connectivity index is 1.15. The van der Waals surface area contributed by atoms with Gasteiger partial charge in [-0.1, -0.05) is 78.9 Å². The number of aromatic amines is 1. The molecule has 264 valence electrons. The van der Waals surface area contributed by atoms with Gasteiger partial charge in [-0.15, -0.1) is 0 Å². The monoisotopic (exact) mass is 692 g/mol. The fourth-order valence-corrected chi connectivity index (χ4v) is 6.80. The van der Waals surface area contributed by atoms with Crippen molar-refractivity contribution in [1.29, 1.82) is 0 Å². The van der Waals surface area contributed by atoms with E-state index < -0.39 is 54.0 Å². The highest BCUT2D eigenvalue weighted by atomic mass is 16.5. The number of imidazole rings is 1. The summed E-state index contributed by atoms with van der Waals surface area (Å²) in [6.07, 6.45) is 3.33. The number of amides is 4. The van der Waals surface area contributed by atoms with E-state index in [-0.39, 0.29) is 31.9 Å². The lowest BCUT2D eigenvalue weighted by Gasteiger charge is -2.30. The van der Waals surface area contributed by atoms with Crippen molar-refractivity contribution < 1.29 is 33.8 Å². The molecule has 51 heavy (non-hydrogen) atoms. The van der Waals surface area contributed by atoms with Gasteiger partial charge in [0, 0.05) is 31.5 Å². The van der Waals surface area contributed by atoms with Gasteiger partial charge in [0.05, 0.1) is 12.0 Å². The van der Waals surface area contributed by atoms with E-state index in [2.05, 4.69) is 25.9 Å². The number of ether oxygens (including phenoxy) is 1. The summed E-state index contributed by atoms with van der Waals surface area (Å²) < 4.78 is 5.75. The molecule has 5 N–H and O–H groups in total. The Bertz CT molecular complexity index is 1840. The van der Waals surface area contributed by atoms with Crippen LogP contribution in [0.25, 0.3) is 11.1 Å². The lowest BCUT2D eigenvalue weighted by molar-refractivity contribution is -0.142. The quantitative estimate of drug-likeness (QED) is 0.142. The van der Waals surface area contributed by atoms with Crippen LogP contribution in [0.4, 0.5) is 4.79 Å². The molecule has 0 bridgehead atoms. The Hall–Kier alpha value is -5.98. The molecule has 0 radical (unpaired) electrons. The van der Waals surface area contributed by atoms with Crippen molar-refractivity contribution in [2.45, 2.75) is 62.7 Å². The maximum atomic E-state index is 14.1. The molecule has 2 aliphatic rings. The minimum Gasteiger partial charge on any atom is -0.480 e. The smallest absolute Gasteiger partial charge is 0.407 e. The number of aliphatic carboxylic acids is 1. The molecule has 13 nitrogen and oxygen atoms in total. The lowest BCUT2D eigenvalue weighted by atomic mass is 9.98. The van der Waals surface area contributed by atoms with Crippen LogP contribution in [0.5, 0.6) is 0 Å². The van der Waals surface area contributed by atoms with E-state index in [4.69, 9.17) is 4.74 Å². The SMILES string of the molecule is C[C@H](NC(=O)[C@H](Cc1ccccc1)NC(=O)[C@@H]1CCCN1C(=O)[C@H](Cc1c[nH]cn1)NC(=O)OCC1c2ccccc2-c2ccccc21)C(=O)O. The van der Waals surface area contributed by atoms with Gasteiger partial charge in [0.2, 0.25) is 17.7 Å². The van der Waals surface area contributed by atoms with Gasteiger partial charge in [-0.25, -0.2) is 9.78 Å². The number of alkyl carbamates (subject to hydrolysis) is 1. The molecule has 3 aromatic carbocycles. The van der Waals surface area contributed by atoms with Crippen molar-refractivity contribution in [3.05, 3.63) is 114 Å². The van der Waals surface area contributed by atoms with Gasteiger partial charge < -0.3 is 35.7 Å².